The minimum absolute atomic E-state index is 0.0559. The fraction of sp³-hybridized carbons (Fsp3) is 0.538. The van der Waals surface area contributed by atoms with Crippen molar-refractivity contribution in [3.05, 3.63) is 28.8 Å². The van der Waals surface area contributed by atoms with Crippen molar-refractivity contribution in [1.29, 1.82) is 0 Å². The van der Waals surface area contributed by atoms with Gasteiger partial charge in [0.05, 0.1) is 7.11 Å². The molecular weight excluding hydrogens is 202 g/mol. The third-order valence-electron chi connectivity index (χ3n) is 2.72. The van der Waals surface area contributed by atoms with E-state index in [0.717, 1.165) is 16.7 Å². The summed E-state index contributed by atoms with van der Waals surface area (Å²) in [6.07, 6.45) is 0. The fourth-order valence-electron chi connectivity index (χ4n) is 1.71. The first-order valence-corrected chi connectivity index (χ1v) is 5.45. The maximum atomic E-state index is 10.2. The van der Waals surface area contributed by atoms with Crippen molar-refractivity contribution in [2.45, 2.75) is 39.7 Å². The molecule has 0 amide bonds. The molecule has 0 fully saturated rings. The number of aromatic hydroxyl groups is 1. The predicted octanol–water partition coefficient (Wildman–Crippen LogP) is 2.65. The highest BCUT2D eigenvalue weighted by Gasteiger charge is 2.20. The number of hydroxylamine groups is 1. The monoisotopic (exact) mass is 223 g/mol. The van der Waals surface area contributed by atoms with E-state index in [4.69, 9.17) is 4.84 Å². The van der Waals surface area contributed by atoms with Crippen molar-refractivity contribution in [3.8, 4) is 5.75 Å². The van der Waals surface area contributed by atoms with Gasteiger partial charge in [-0.1, -0.05) is 32.9 Å². The molecular formula is C13H21NO2. The van der Waals surface area contributed by atoms with Gasteiger partial charge in [-0.3, -0.25) is 0 Å². The van der Waals surface area contributed by atoms with Gasteiger partial charge in [-0.15, -0.1) is 0 Å². The first kappa shape index (κ1) is 13.0. The Bertz CT molecular complexity index is 367. The predicted molar refractivity (Wildman–Crippen MR) is 65.4 cm³/mol. The molecule has 3 nitrogen and oxygen atoms in total. The Morgan fingerprint density at radius 1 is 1.31 bits per heavy atom. The molecule has 0 saturated heterocycles. The van der Waals surface area contributed by atoms with Crippen LogP contribution >= 0.6 is 0 Å². The van der Waals surface area contributed by atoms with E-state index in [-0.39, 0.29) is 5.41 Å². The van der Waals surface area contributed by atoms with E-state index in [0.29, 0.717) is 12.3 Å². The van der Waals surface area contributed by atoms with Crippen molar-refractivity contribution in [2.24, 2.45) is 0 Å². The molecule has 0 aromatic heterocycles. The third kappa shape index (κ3) is 2.74. The third-order valence-corrected chi connectivity index (χ3v) is 2.72. The Morgan fingerprint density at radius 3 is 2.44 bits per heavy atom. The van der Waals surface area contributed by atoms with Crippen LogP contribution in [-0.4, -0.2) is 12.2 Å². The van der Waals surface area contributed by atoms with Crippen LogP contribution in [-0.2, 0) is 16.8 Å². The number of aryl methyl sites for hydroxylation is 1. The number of rotatable bonds is 3. The van der Waals surface area contributed by atoms with E-state index in [1.165, 1.54) is 0 Å². The van der Waals surface area contributed by atoms with E-state index in [9.17, 15) is 5.11 Å². The summed E-state index contributed by atoms with van der Waals surface area (Å²) in [5.41, 5.74) is 5.64. The zero-order valence-corrected chi connectivity index (χ0v) is 10.7. The molecule has 0 bridgehead atoms. The summed E-state index contributed by atoms with van der Waals surface area (Å²) < 4.78 is 0. The summed E-state index contributed by atoms with van der Waals surface area (Å²) in [5.74, 6) is 0.372. The molecule has 1 aromatic rings. The van der Waals surface area contributed by atoms with Gasteiger partial charge < -0.3 is 9.94 Å². The van der Waals surface area contributed by atoms with Gasteiger partial charge >= 0.3 is 0 Å². The lowest BCUT2D eigenvalue weighted by Crippen LogP contribution is -2.16. The minimum Gasteiger partial charge on any atom is -0.507 e. The molecule has 0 aliphatic rings. The number of benzene rings is 1. The van der Waals surface area contributed by atoms with Crippen molar-refractivity contribution >= 4 is 0 Å². The molecule has 2 N–H and O–H groups in total. The zero-order chi connectivity index (χ0) is 12.3. The minimum atomic E-state index is -0.0559. The second-order valence-electron chi connectivity index (χ2n) is 5.03. The van der Waals surface area contributed by atoms with Crippen molar-refractivity contribution in [2.75, 3.05) is 7.11 Å². The van der Waals surface area contributed by atoms with Gasteiger partial charge in [0.1, 0.15) is 5.75 Å². The van der Waals surface area contributed by atoms with Gasteiger partial charge in [0.15, 0.2) is 0 Å². The Kier molecular flexibility index (Phi) is 3.94. The molecule has 1 rings (SSSR count). The number of hydrogen-bond donors (Lipinski definition) is 2. The molecule has 1 aromatic carbocycles. The van der Waals surface area contributed by atoms with Crippen LogP contribution in [0.15, 0.2) is 12.1 Å². The second-order valence-corrected chi connectivity index (χ2v) is 5.03. The average Bonchev–Trinajstić information content (AvgIpc) is 2.15. The smallest absolute Gasteiger partial charge is 0.124 e. The molecule has 0 aliphatic carbocycles. The van der Waals surface area contributed by atoms with Crippen LogP contribution in [0.1, 0.15) is 37.5 Å². The molecule has 90 valence electrons. The summed E-state index contributed by atoms with van der Waals surface area (Å²) in [5, 5.41) is 10.2. The second kappa shape index (κ2) is 4.85. The Hall–Kier alpha value is -1.06. The van der Waals surface area contributed by atoms with Crippen LogP contribution in [0.25, 0.3) is 0 Å². The van der Waals surface area contributed by atoms with Crippen LogP contribution < -0.4 is 5.48 Å². The van der Waals surface area contributed by atoms with Crippen molar-refractivity contribution in [3.63, 3.8) is 0 Å². The van der Waals surface area contributed by atoms with Gasteiger partial charge in [0.25, 0.3) is 0 Å². The van der Waals surface area contributed by atoms with Gasteiger partial charge in [0, 0.05) is 12.1 Å². The Labute approximate surface area is 97.4 Å². The lowest BCUT2D eigenvalue weighted by Gasteiger charge is -2.23. The number of nitrogens with one attached hydrogen (secondary N) is 1. The summed E-state index contributed by atoms with van der Waals surface area (Å²) >= 11 is 0. The SMILES string of the molecule is CONCc1c(C)ccc(C(C)(C)C)c1O. The molecule has 0 atom stereocenters. The van der Waals surface area contributed by atoms with Crippen molar-refractivity contribution < 1.29 is 9.94 Å². The molecule has 0 heterocycles. The average molecular weight is 223 g/mol. The first-order valence-electron chi connectivity index (χ1n) is 5.45. The zero-order valence-electron chi connectivity index (χ0n) is 10.7. The molecule has 0 aliphatic heterocycles. The van der Waals surface area contributed by atoms with E-state index in [2.05, 4.69) is 26.3 Å². The lowest BCUT2D eigenvalue weighted by atomic mass is 9.84. The molecule has 0 saturated carbocycles. The van der Waals surface area contributed by atoms with Crippen LogP contribution in [0.2, 0.25) is 0 Å². The number of phenols is 1. The standard InChI is InChI=1S/C13H21NO2/c1-9-6-7-11(13(2,3)4)12(15)10(9)8-14-16-5/h6-7,14-15H,8H2,1-5H3. The van der Waals surface area contributed by atoms with Gasteiger partial charge in [-0.25, -0.2) is 0 Å². The number of hydrogen-bond acceptors (Lipinski definition) is 3. The summed E-state index contributed by atoms with van der Waals surface area (Å²) in [7, 11) is 1.57. The Morgan fingerprint density at radius 2 is 1.94 bits per heavy atom. The van der Waals surface area contributed by atoms with Crippen LogP contribution in [0.3, 0.4) is 0 Å². The summed E-state index contributed by atoms with van der Waals surface area (Å²) in [6.45, 7) is 8.76. The highest BCUT2D eigenvalue weighted by molar-refractivity contribution is 5.47. The van der Waals surface area contributed by atoms with Gasteiger partial charge in [-0.2, -0.15) is 5.48 Å². The maximum absolute atomic E-state index is 10.2. The highest BCUT2D eigenvalue weighted by Crippen LogP contribution is 2.34. The van der Waals surface area contributed by atoms with Crippen LogP contribution in [0, 0.1) is 6.92 Å². The fourth-order valence-corrected chi connectivity index (χ4v) is 1.71. The molecule has 0 unspecified atom stereocenters. The van der Waals surface area contributed by atoms with Gasteiger partial charge in [0.2, 0.25) is 0 Å². The number of phenolic OH excluding ortho intramolecular Hbond substituents is 1. The maximum Gasteiger partial charge on any atom is 0.124 e. The largest absolute Gasteiger partial charge is 0.507 e. The van der Waals surface area contributed by atoms with Crippen LogP contribution in [0.4, 0.5) is 0 Å². The van der Waals surface area contributed by atoms with Gasteiger partial charge in [-0.05, 0) is 23.5 Å². The van der Waals surface area contributed by atoms with E-state index >= 15 is 0 Å². The molecule has 0 radical (unpaired) electrons. The van der Waals surface area contributed by atoms with E-state index < -0.39 is 0 Å². The molecule has 16 heavy (non-hydrogen) atoms. The normalized spacial score (nSPS) is 11.8. The molecule has 3 heteroatoms. The topological polar surface area (TPSA) is 41.5 Å². The quantitative estimate of drug-likeness (QED) is 0.774. The first-order chi connectivity index (χ1) is 7.38. The van der Waals surface area contributed by atoms with E-state index in [1.54, 1.807) is 7.11 Å². The lowest BCUT2D eigenvalue weighted by molar-refractivity contribution is 0.0859. The summed E-state index contributed by atoms with van der Waals surface area (Å²) in [4.78, 5) is 4.82. The van der Waals surface area contributed by atoms with Crippen molar-refractivity contribution in [1.82, 2.24) is 5.48 Å². The molecule has 0 spiro atoms. The Balaban J connectivity index is 3.16. The highest BCUT2D eigenvalue weighted by atomic mass is 16.6. The van der Waals surface area contributed by atoms with Crippen LogP contribution in [0.5, 0.6) is 5.75 Å². The van der Waals surface area contributed by atoms with E-state index in [1.807, 2.05) is 19.1 Å². The summed E-state index contributed by atoms with van der Waals surface area (Å²) in [6, 6.07) is 4.02.